The Kier molecular flexibility index (Phi) is 4.45. The van der Waals surface area contributed by atoms with Gasteiger partial charge in [-0.3, -0.25) is 4.98 Å². The van der Waals surface area contributed by atoms with E-state index in [1.807, 2.05) is 30.3 Å². The van der Waals surface area contributed by atoms with E-state index in [1.165, 1.54) is 25.7 Å². The molecule has 1 aliphatic carbocycles. The zero-order chi connectivity index (χ0) is 17.9. The summed E-state index contributed by atoms with van der Waals surface area (Å²) in [6, 6.07) is 12.0. The minimum absolute atomic E-state index is 0.484. The van der Waals surface area contributed by atoms with Crippen LogP contribution in [0.3, 0.4) is 0 Å². The van der Waals surface area contributed by atoms with Crippen LogP contribution in [0.15, 0.2) is 47.1 Å². The van der Waals surface area contributed by atoms with Gasteiger partial charge in [0, 0.05) is 29.3 Å². The van der Waals surface area contributed by atoms with E-state index in [4.69, 9.17) is 9.15 Å². The molecule has 130 valence electrons. The number of benzene rings is 1. The van der Waals surface area contributed by atoms with Gasteiger partial charge in [-0.2, -0.15) is 5.26 Å². The lowest BCUT2D eigenvalue weighted by molar-refractivity contribution is 0.404. The number of allylic oxidation sites excluding steroid dienone is 1. The third-order valence-electron chi connectivity index (χ3n) is 5.07. The van der Waals surface area contributed by atoms with Crippen LogP contribution in [0.4, 0.5) is 0 Å². The molecule has 26 heavy (non-hydrogen) atoms. The van der Waals surface area contributed by atoms with Gasteiger partial charge in [0.15, 0.2) is 11.3 Å². The van der Waals surface area contributed by atoms with Crippen LogP contribution >= 0.6 is 0 Å². The maximum atomic E-state index is 9.60. The normalized spacial score (nSPS) is 15.3. The molecular formula is C22H20N2O2. The van der Waals surface area contributed by atoms with E-state index in [0.29, 0.717) is 11.5 Å². The zero-order valence-electron chi connectivity index (χ0n) is 14.7. The molecule has 0 spiro atoms. The molecule has 0 N–H and O–H groups in total. The van der Waals surface area contributed by atoms with Gasteiger partial charge in [0.05, 0.1) is 18.8 Å². The molecule has 0 amide bonds. The smallest absolute Gasteiger partial charge is 0.176 e. The summed E-state index contributed by atoms with van der Waals surface area (Å²) < 4.78 is 11.7. The first-order chi connectivity index (χ1) is 12.8. The molecule has 1 saturated carbocycles. The molecule has 3 aromatic rings. The molecule has 2 heterocycles. The van der Waals surface area contributed by atoms with Gasteiger partial charge in [-0.05, 0) is 42.7 Å². The second-order valence-electron chi connectivity index (χ2n) is 6.64. The van der Waals surface area contributed by atoms with E-state index >= 15 is 0 Å². The molecule has 0 saturated heterocycles. The van der Waals surface area contributed by atoms with E-state index in [0.717, 1.165) is 33.6 Å². The highest BCUT2D eigenvalue weighted by Crippen LogP contribution is 2.40. The summed E-state index contributed by atoms with van der Waals surface area (Å²) in [5.41, 5.74) is 3.09. The molecule has 1 aliphatic rings. The zero-order valence-corrected chi connectivity index (χ0v) is 14.7. The number of fused-ring (bicyclic) bond motifs is 1. The second-order valence-corrected chi connectivity index (χ2v) is 6.64. The number of methoxy groups -OCH3 is 1. The Labute approximate surface area is 152 Å². The third kappa shape index (κ3) is 2.97. The summed E-state index contributed by atoms with van der Waals surface area (Å²) in [5, 5.41) is 10.6. The summed E-state index contributed by atoms with van der Waals surface area (Å²) in [6.07, 6.45) is 10.2. The van der Waals surface area contributed by atoms with E-state index < -0.39 is 0 Å². The topological polar surface area (TPSA) is 59.0 Å². The van der Waals surface area contributed by atoms with Gasteiger partial charge in [0.1, 0.15) is 5.76 Å². The van der Waals surface area contributed by atoms with Crippen molar-refractivity contribution in [1.82, 2.24) is 4.98 Å². The fourth-order valence-corrected chi connectivity index (χ4v) is 3.69. The van der Waals surface area contributed by atoms with Crippen LogP contribution in [-0.2, 0) is 0 Å². The highest BCUT2D eigenvalue weighted by Gasteiger charge is 2.22. The van der Waals surface area contributed by atoms with Gasteiger partial charge >= 0.3 is 0 Å². The first-order valence-corrected chi connectivity index (χ1v) is 8.93. The number of rotatable bonds is 4. The molecule has 0 bridgehead atoms. The van der Waals surface area contributed by atoms with E-state index in [1.54, 1.807) is 19.5 Å². The predicted octanol–water partition coefficient (Wildman–Crippen LogP) is 5.56. The number of aromatic nitrogens is 1. The van der Waals surface area contributed by atoms with E-state index in [2.05, 4.69) is 17.1 Å². The van der Waals surface area contributed by atoms with Gasteiger partial charge in [0.2, 0.25) is 0 Å². The van der Waals surface area contributed by atoms with Crippen LogP contribution in [0.25, 0.3) is 22.6 Å². The van der Waals surface area contributed by atoms with Crippen molar-refractivity contribution in [2.45, 2.75) is 31.6 Å². The molecular weight excluding hydrogens is 324 g/mol. The van der Waals surface area contributed by atoms with Crippen molar-refractivity contribution in [2.75, 3.05) is 7.11 Å². The summed E-state index contributed by atoms with van der Waals surface area (Å²) >= 11 is 0. The first kappa shape index (κ1) is 16.4. The predicted molar refractivity (Wildman–Crippen MR) is 102 cm³/mol. The van der Waals surface area contributed by atoms with Gasteiger partial charge in [-0.15, -0.1) is 0 Å². The average molecular weight is 344 g/mol. The molecule has 4 rings (SSSR count). The Morgan fingerprint density at radius 3 is 2.85 bits per heavy atom. The Morgan fingerprint density at radius 2 is 2.15 bits per heavy atom. The lowest BCUT2D eigenvalue weighted by Gasteiger charge is -2.04. The number of hydrogen-bond donors (Lipinski definition) is 0. The number of furan rings is 1. The van der Waals surface area contributed by atoms with Gasteiger partial charge in [0.25, 0.3) is 0 Å². The highest BCUT2D eigenvalue weighted by atomic mass is 16.5. The van der Waals surface area contributed by atoms with Crippen LogP contribution in [0.1, 0.15) is 48.5 Å². The molecule has 0 aliphatic heterocycles. The second kappa shape index (κ2) is 7.05. The highest BCUT2D eigenvalue weighted by molar-refractivity contribution is 5.98. The van der Waals surface area contributed by atoms with Crippen LogP contribution in [0.5, 0.6) is 5.75 Å². The molecule has 1 aromatic carbocycles. The van der Waals surface area contributed by atoms with Gasteiger partial charge in [-0.1, -0.05) is 25.0 Å². The van der Waals surface area contributed by atoms with Crippen molar-refractivity contribution in [3.05, 3.63) is 59.6 Å². The van der Waals surface area contributed by atoms with Crippen LogP contribution in [0, 0.1) is 11.3 Å². The van der Waals surface area contributed by atoms with Crippen molar-refractivity contribution in [3.63, 3.8) is 0 Å². The maximum absolute atomic E-state index is 9.60. The van der Waals surface area contributed by atoms with Crippen molar-refractivity contribution >= 4 is 22.6 Å². The van der Waals surface area contributed by atoms with Crippen LogP contribution < -0.4 is 4.74 Å². The van der Waals surface area contributed by atoms with Crippen molar-refractivity contribution in [1.29, 1.82) is 5.26 Å². The number of nitrogens with zero attached hydrogens (tertiary/aromatic N) is 2. The quantitative estimate of drug-likeness (QED) is 0.582. The minimum atomic E-state index is 0.484. The molecule has 1 fully saturated rings. The van der Waals surface area contributed by atoms with E-state index in [9.17, 15) is 5.26 Å². The third-order valence-corrected chi connectivity index (χ3v) is 5.07. The van der Waals surface area contributed by atoms with Crippen LogP contribution in [-0.4, -0.2) is 12.1 Å². The standard InChI is InChI=1S/C22H20N2O2/c1-25-20-9-8-16(11-18(13-23)17-7-4-10-24-14-17)19-12-21(26-22(19)20)15-5-2-3-6-15/h4,7-12,14-15H,2-3,5-6H2,1H3/b18-11+. The van der Waals surface area contributed by atoms with Gasteiger partial charge in [-0.25, -0.2) is 0 Å². The lowest BCUT2D eigenvalue weighted by atomic mass is 10.0. The largest absolute Gasteiger partial charge is 0.493 e. The minimum Gasteiger partial charge on any atom is -0.493 e. The van der Waals surface area contributed by atoms with Crippen LogP contribution in [0.2, 0.25) is 0 Å². The SMILES string of the molecule is COc1ccc(/C=C(\C#N)c2cccnc2)c2cc(C3CCCC3)oc12. The Morgan fingerprint density at radius 1 is 1.31 bits per heavy atom. The molecule has 4 heteroatoms. The Hall–Kier alpha value is -3.06. The molecule has 4 nitrogen and oxygen atoms in total. The Bertz CT molecular complexity index is 990. The van der Waals surface area contributed by atoms with Crippen molar-refractivity contribution in [2.24, 2.45) is 0 Å². The number of nitriles is 1. The number of pyridine rings is 1. The monoisotopic (exact) mass is 344 g/mol. The first-order valence-electron chi connectivity index (χ1n) is 8.93. The summed E-state index contributed by atoms with van der Waals surface area (Å²) in [7, 11) is 1.65. The molecule has 2 aromatic heterocycles. The van der Waals surface area contributed by atoms with Crippen molar-refractivity contribution in [3.8, 4) is 11.8 Å². The summed E-state index contributed by atoms with van der Waals surface area (Å²) in [5.74, 6) is 2.23. The summed E-state index contributed by atoms with van der Waals surface area (Å²) in [4.78, 5) is 4.11. The summed E-state index contributed by atoms with van der Waals surface area (Å²) in [6.45, 7) is 0. The fourth-order valence-electron chi connectivity index (χ4n) is 3.69. The fraction of sp³-hybridized carbons (Fsp3) is 0.273. The van der Waals surface area contributed by atoms with E-state index in [-0.39, 0.29) is 0 Å². The maximum Gasteiger partial charge on any atom is 0.176 e. The molecule has 0 radical (unpaired) electrons. The molecule has 0 atom stereocenters. The molecule has 0 unspecified atom stereocenters. The van der Waals surface area contributed by atoms with Crippen molar-refractivity contribution < 1.29 is 9.15 Å². The lowest BCUT2D eigenvalue weighted by Crippen LogP contribution is -1.87. The Balaban J connectivity index is 1.84. The number of ether oxygens (including phenoxy) is 1. The van der Waals surface area contributed by atoms with Gasteiger partial charge < -0.3 is 9.15 Å². The number of hydrogen-bond acceptors (Lipinski definition) is 4. The average Bonchev–Trinajstić information content (AvgIpc) is 3.36.